The molecule has 6 nitrogen and oxygen atoms in total. The number of aliphatic hydroxyl groups excluding tert-OH is 1. The minimum atomic E-state index is -1.39. The van der Waals surface area contributed by atoms with Crippen molar-refractivity contribution in [3.8, 4) is 0 Å². The molecule has 1 aromatic rings. The number of halogens is 2. The smallest absolute Gasteiger partial charge is 0.285 e. The summed E-state index contributed by atoms with van der Waals surface area (Å²) in [4.78, 5) is 22.9. The maximum atomic E-state index is 13.2. The van der Waals surface area contributed by atoms with Crippen LogP contribution < -0.4 is 0 Å². The van der Waals surface area contributed by atoms with Crippen LogP contribution >= 0.6 is 0 Å². The van der Waals surface area contributed by atoms with Crippen molar-refractivity contribution in [2.45, 2.75) is 19.4 Å². The Balaban J connectivity index is 3.08. The van der Waals surface area contributed by atoms with E-state index in [-0.39, 0.29) is 13.0 Å². The van der Waals surface area contributed by atoms with E-state index < -0.39 is 39.8 Å². The summed E-state index contributed by atoms with van der Waals surface area (Å²) < 4.78 is 26.2. The number of amides is 1. The lowest BCUT2D eigenvalue weighted by Crippen LogP contribution is -2.30. The van der Waals surface area contributed by atoms with Crippen molar-refractivity contribution in [2.75, 3.05) is 13.6 Å². The predicted octanol–water partition coefficient (Wildman–Crippen LogP) is 1.72. The van der Waals surface area contributed by atoms with E-state index in [1.54, 1.807) is 0 Å². The van der Waals surface area contributed by atoms with Gasteiger partial charge in [-0.05, 0) is 19.4 Å². The van der Waals surface area contributed by atoms with Gasteiger partial charge in [-0.25, -0.2) is 8.78 Å². The highest BCUT2D eigenvalue weighted by molar-refractivity contribution is 5.98. The number of nitro groups is 1. The van der Waals surface area contributed by atoms with Crippen molar-refractivity contribution < 1.29 is 23.6 Å². The average Bonchev–Trinajstić information content (AvgIpc) is 2.37. The third-order valence-corrected chi connectivity index (χ3v) is 2.69. The normalized spacial score (nSPS) is 12.1. The lowest BCUT2D eigenvalue weighted by molar-refractivity contribution is -0.385. The largest absolute Gasteiger partial charge is 0.393 e. The number of nitrogens with zero attached hydrogens (tertiary/aromatic N) is 2. The summed E-state index contributed by atoms with van der Waals surface area (Å²) in [6.45, 7) is 1.66. The van der Waals surface area contributed by atoms with Gasteiger partial charge in [-0.1, -0.05) is 0 Å². The van der Waals surface area contributed by atoms with Gasteiger partial charge in [0.05, 0.1) is 17.1 Å². The van der Waals surface area contributed by atoms with E-state index in [1.807, 2.05) is 0 Å². The molecule has 0 spiro atoms. The Bertz CT molecular complexity index is 534. The Morgan fingerprint density at radius 2 is 2.00 bits per heavy atom. The van der Waals surface area contributed by atoms with E-state index in [0.717, 1.165) is 4.90 Å². The van der Waals surface area contributed by atoms with Crippen molar-refractivity contribution in [3.63, 3.8) is 0 Å². The van der Waals surface area contributed by atoms with Crippen LogP contribution in [0.1, 0.15) is 23.7 Å². The molecular weight excluding hydrogens is 274 g/mol. The molecule has 1 atom stereocenters. The SMILES string of the molecule is CC(O)CCN(C)C(=O)c1cc(F)c(F)cc1[N+](=O)[O-]. The Labute approximate surface area is 113 Å². The van der Waals surface area contributed by atoms with Crippen LogP contribution in [-0.4, -0.2) is 40.5 Å². The first-order chi connectivity index (χ1) is 9.23. The fraction of sp³-hybridized carbons (Fsp3) is 0.417. The van der Waals surface area contributed by atoms with E-state index in [2.05, 4.69) is 0 Å². The summed E-state index contributed by atoms with van der Waals surface area (Å²) in [6.07, 6.45) is -0.384. The Morgan fingerprint density at radius 1 is 1.45 bits per heavy atom. The number of carbonyl (C=O) groups excluding carboxylic acids is 1. The first kappa shape index (κ1) is 16.0. The zero-order valence-electron chi connectivity index (χ0n) is 11.0. The molecule has 0 saturated heterocycles. The Hall–Kier alpha value is -2.09. The van der Waals surface area contributed by atoms with Crippen LogP contribution in [0.4, 0.5) is 14.5 Å². The summed E-state index contributed by atoms with van der Waals surface area (Å²) in [7, 11) is 1.36. The molecule has 0 bridgehead atoms. The number of aliphatic hydroxyl groups is 1. The van der Waals surface area contributed by atoms with E-state index >= 15 is 0 Å². The van der Waals surface area contributed by atoms with Crippen molar-refractivity contribution in [2.24, 2.45) is 0 Å². The molecular formula is C12H14F2N2O4. The molecule has 0 aliphatic heterocycles. The second-order valence-corrected chi connectivity index (χ2v) is 4.40. The van der Waals surface area contributed by atoms with Crippen LogP contribution in [0.5, 0.6) is 0 Å². The minimum absolute atomic E-state index is 0.132. The highest BCUT2D eigenvalue weighted by Gasteiger charge is 2.26. The molecule has 0 fully saturated rings. The molecule has 20 heavy (non-hydrogen) atoms. The summed E-state index contributed by atoms with van der Waals surface area (Å²) in [5.41, 5.74) is -1.32. The molecule has 0 saturated carbocycles. The van der Waals surface area contributed by atoms with Crippen LogP contribution in [0.25, 0.3) is 0 Å². The van der Waals surface area contributed by atoms with Gasteiger partial charge < -0.3 is 10.0 Å². The van der Waals surface area contributed by atoms with Crippen molar-refractivity contribution in [1.29, 1.82) is 0 Å². The van der Waals surface area contributed by atoms with Gasteiger partial charge in [-0.3, -0.25) is 14.9 Å². The molecule has 0 heterocycles. The molecule has 8 heteroatoms. The number of hydrogen-bond acceptors (Lipinski definition) is 4. The molecule has 0 aliphatic rings. The van der Waals surface area contributed by atoms with Crippen LogP contribution in [0, 0.1) is 21.7 Å². The Morgan fingerprint density at radius 3 is 2.50 bits per heavy atom. The molecule has 1 amide bonds. The maximum absolute atomic E-state index is 13.2. The van der Waals surface area contributed by atoms with E-state index in [1.165, 1.54) is 14.0 Å². The van der Waals surface area contributed by atoms with Crippen LogP contribution in [0.2, 0.25) is 0 Å². The molecule has 110 valence electrons. The molecule has 1 aromatic carbocycles. The van der Waals surface area contributed by atoms with Gasteiger partial charge in [0.1, 0.15) is 5.56 Å². The predicted molar refractivity (Wildman–Crippen MR) is 66.3 cm³/mol. The van der Waals surface area contributed by atoms with Crippen molar-refractivity contribution in [1.82, 2.24) is 4.90 Å². The molecule has 1 rings (SSSR count). The lowest BCUT2D eigenvalue weighted by Gasteiger charge is -2.18. The first-order valence-electron chi connectivity index (χ1n) is 5.81. The van der Waals surface area contributed by atoms with Crippen LogP contribution in [0.3, 0.4) is 0 Å². The highest BCUT2D eigenvalue weighted by atomic mass is 19.2. The Kier molecular flexibility index (Phi) is 5.09. The topological polar surface area (TPSA) is 83.7 Å². The number of nitro benzene ring substituents is 1. The molecule has 1 unspecified atom stereocenters. The standard InChI is InChI=1S/C12H14F2N2O4/c1-7(17)3-4-15(2)12(18)8-5-9(13)10(14)6-11(8)16(19)20/h5-7,17H,3-4H2,1-2H3. The quantitative estimate of drug-likeness (QED) is 0.660. The maximum Gasteiger partial charge on any atom is 0.285 e. The van der Waals surface area contributed by atoms with E-state index in [0.29, 0.717) is 12.1 Å². The minimum Gasteiger partial charge on any atom is -0.393 e. The van der Waals surface area contributed by atoms with Crippen LogP contribution in [-0.2, 0) is 0 Å². The van der Waals surface area contributed by atoms with Gasteiger partial charge in [0.2, 0.25) is 0 Å². The van der Waals surface area contributed by atoms with Gasteiger partial charge in [0.15, 0.2) is 11.6 Å². The lowest BCUT2D eigenvalue weighted by atomic mass is 10.1. The summed E-state index contributed by atoms with van der Waals surface area (Å²) in [6, 6.07) is 0.889. The molecule has 0 radical (unpaired) electrons. The monoisotopic (exact) mass is 288 g/mol. The summed E-state index contributed by atoms with van der Waals surface area (Å²) in [5.74, 6) is -3.53. The zero-order valence-corrected chi connectivity index (χ0v) is 11.0. The number of hydrogen-bond donors (Lipinski definition) is 1. The second kappa shape index (κ2) is 6.38. The van der Waals surface area contributed by atoms with E-state index in [4.69, 9.17) is 5.11 Å². The third kappa shape index (κ3) is 3.70. The summed E-state index contributed by atoms with van der Waals surface area (Å²) in [5, 5.41) is 19.9. The number of rotatable bonds is 5. The van der Waals surface area contributed by atoms with Gasteiger partial charge in [-0.2, -0.15) is 0 Å². The van der Waals surface area contributed by atoms with Gasteiger partial charge >= 0.3 is 0 Å². The van der Waals surface area contributed by atoms with Crippen molar-refractivity contribution >= 4 is 11.6 Å². The fourth-order valence-electron chi connectivity index (χ4n) is 1.55. The number of carbonyl (C=O) groups is 1. The number of benzene rings is 1. The molecule has 0 aliphatic carbocycles. The molecule has 0 aromatic heterocycles. The highest BCUT2D eigenvalue weighted by Crippen LogP contribution is 2.23. The van der Waals surface area contributed by atoms with Crippen molar-refractivity contribution in [3.05, 3.63) is 39.4 Å². The first-order valence-corrected chi connectivity index (χ1v) is 5.81. The second-order valence-electron chi connectivity index (χ2n) is 4.40. The average molecular weight is 288 g/mol. The zero-order chi connectivity index (χ0) is 15.4. The van der Waals surface area contributed by atoms with Gasteiger partial charge in [0.25, 0.3) is 11.6 Å². The van der Waals surface area contributed by atoms with Gasteiger partial charge in [-0.15, -0.1) is 0 Å². The molecule has 1 N–H and O–H groups in total. The van der Waals surface area contributed by atoms with Crippen LogP contribution in [0.15, 0.2) is 12.1 Å². The van der Waals surface area contributed by atoms with E-state index in [9.17, 15) is 23.7 Å². The fourth-order valence-corrected chi connectivity index (χ4v) is 1.55. The van der Waals surface area contributed by atoms with Gasteiger partial charge in [0, 0.05) is 13.6 Å². The summed E-state index contributed by atoms with van der Waals surface area (Å²) >= 11 is 0. The third-order valence-electron chi connectivity index (χ3n) is 2.69.